The van der Waals surface area contributed by atoms with Crippen LogP contribution in [0.1, 0.15) is 16.7 Å². The topological polar surface area (TPSA) is 57.1 Å². The molecule has 1 aliphatic heterocycles. The lowest BCUT2D eigenvalue weighted by Gasteiger charge is -2.11. The van der Waals surface area contributed by atoms with Crippen molar-refractivity contribution in [3.05, 3.63) is 65.2 Å². The van der Waals surface area contributed by atoms with Gasteiger partial charge in [-0.25, -0.2) is 0 Å². The molecule has 1 fully saturated rings. The summed E-state index contributed by atoms with van der Waals surface area (Å²) in [7, 11) is 4.00. The summed E-state index contributed by atoms with van der Waals surface area (Å²) in [5, 5.41) is 11.4. The van der Waals surface area contributed by atoms with Crippen molar-refractivity contribution in [1.82, 2.24) is 5.32 Å². The summed E-state index contributed by atoms with van der Waals surface area (Å²) < 4.78 is 0. The van der Waals surface area contributed by atoms with Crippen LogP contribution >= 0.6 is 11.8 Å². The largest absolute Gasteiger partial charge is 0.378 e. The third-order valence-corrected chi connectivity index (χ3v) is 5.28. The lowest BCUT2D eigenvalue weighted by molar-refractivity contribution is -0.118. The molecule has 6 heteroatoms. The van der Waals surface area contributed by atoms with Crippen molar-refractivity contribution >= 4 is 34.7 Å². The fourth-order valence-corrected chi connectivity index (χ4v) is 3.58. The van der Waals surface area contributed by atoms with Crippen LogP contribution in [0.15, 0.2) is 58.7 Å². The van der Waals surface area contributed by atoms with E-state index in [4.69, 9.17) is 0 Å². The molecule has 3 rings (SSSR count). The molecule has 0 aliphatic carbocycles. The average molecular weight is 366 g/mol. The van der Waals surface area contributed by atoms with Crippen molar-refractivity contribution in [1.29, 1.82) is 0 Å². The van der Waals surface area contributed by atoms with Gasteiger partial charge in [-0.15, -0.1) is 5.10 Å². The standard InChI is InChI=1S/C20H22N4OS/c1-14-6-4-5-7-16(14)12-18-19(25)22-20(26-18)23-21-13-15-8-10-17(11-9-15)24(2)3/h4-11,13,18H,12H2,1-3H3,(H,22,23,25)/b21-13+. The normalized spacial score (nSPS) is 18.5. The number of hydrogen-bond acceptors (Lipinski definition) is 5. The summed E-state index contributed by atoms with van der Waals surface area (Å²) in [5.41, 5.74) is 4.48. The highest BCUT2D eigenvalue weighted by atomic mass is 32.2. The number of carbonyl (C=O) groups excluding carboxylic acids is 1. The van der Waals surface area contributed by atoms with E-state index in [1.165, 1.54) is 22.9 Å². The van der Waals surface area contributed by atoms with E-state index in [1.807, 2.05) is 55.4 Å². The minimum absolute atomic E-state index is 0.0115. The van der Waals surface area contributed by atoms with E-state index in [1.54, 1.807) is 6.21 Å². The van der Waals surface area contributed by atoms with Gasteiger partial charge in [-0.1, -0.05) is 48.2 Å². The molecule has 1 unspecified atom stereocenters. The SMILES string of the molecule is Cc1ccccc1CC1S/C(=N\N=C\c2ccc(N(C)C)cc2)NC1=O. The molecule has 1 N–H and O–H groups in total. The molecule has 0 radical (unpaired) electrons. The Morgan fingerprint density at radius 3 is 2.58 bits per heavy atom. The van der Waals surface area contributed by atoms with Crippen LogP contribution in [-0.4, -0.2) is 36.6 Å². The number of benzene rings is 2. The molecule has 1 aliphatic rings. The van der Waals surface area contributed by atoms with Crippen molar-refractivity contribution in [2.75, 3.05) is 19.0 Å². The van der Waals surface area contributed by atoms with Gasteiger partial charge in [-0.3, -0.25) is 4.79 Å². The molecule has 134 valence electrons. The van der Waals surface area contributed by atoms with Crippen LogP contribution in [0.2, 0.25) is 0 Å². The van der Waals surface area contributed by atoms with Gasteiger partial charge in [0.15, 0.2) is 5.17 Å². The lowest BCUT2D eigenvalue weighted by Crippen LogP contribution is -2.26. The van der Waals surface area contributed by atoms with Gasteiger partial charge in [0.25, 0.3) is 0 Å². The molecule has 2 aromatic carbocycles. The Morgan fingerprint density at radius 1 is 1.15 bits per heavy atom. The lowest BCUT2D eigenvalue weighted by atomic mass is 10.0. The molecule has 1 saturated heterocycles. The predicted octanol–water partition coefficient (Wildman–Crippen LogP) is 3.23. The summed E-state index contributed by atoms with van der Waals surface area (Å²) in [6.07, 6.45) is 2.38. The predicted molar refractivity (Wildman–Crippen MR) is 110 cm³/mol. The van der Waals surface area contributed by atoms with Gasteiger partial charge in [0.2, 0.25) is 5.91 Å². The van der Waals surface area contributed by atoms with Crippen LogP contribution in [0.3, 0.4) is 0 Å². The third-order valence-electron chi connectivity index (χ3n) is 4.21. The molecule has 0 saturated carbocycles. The number of rotatable bonds is 5. The smallest absolute Gasteiger partial charge is 0.239 e. The van der Waals surface area contributed by atoms with E-state index in [2.05, 4.69) is 34.6 Å². The first-order valence-electron chi connectivity index (χ1n) is 8.43. The zero-order chi connectivity index (χ0) is 18.5. The first kappa shape index (κ1) is 18.2. The summed E-state index contributed by atoms with van der Waals surface area (Å²) in [6, 6.07) is 16.2. The van der Waals surface area contributed by atoms with Crippen molar-refractivity contribution in [3.8, 4) is 0 Å². The number of hydrogen-bond donors (Lipinski definition) is 1. The second-order valence-corrected chi connectivity index (χ2v) is 7.55. The minimum Gasteiger partial charge on any atom is -0.378 e. The molecular formula is C20H22N4OS. The van der Waals surface area contributed by atoms with E-state index in [-0.39, 0.29) is 11.2 Å². The zero-order valence-corrected chi connectivity index (χ0v) is 16.0. The Balaban J connectivity index is 1.61. The Labute approximate surface area is 158 Å². The maximum absolute atomic E-state index is 12.2. The first-order valence-corrected chi connectivity index (χ1v) is 9.31. The molecule has 0 aromatic heterocycles. The van der Waals surface area contributed by atoms with E-state index in [9.17, 15) is 4.79 Å². The summed E-state index contributed by atoms with van der Waals surface area (Å²) >= 11 is 1.43. The van der Waals surface area contributed by atoms with Gasteiger partial charge in [0, 0.05) is 19.8 Å². The zero-order valence-electron chi connectivity index (χ0n) is 15.1. The summed E-state index contributed by atoms with van der Waals surface area (Å²) in [6.45, 7) is 2.06. The van der Waals surface area contributed by atoms with E-state index < -0.39 is 0 Å². The van der Waals surface area contributed by atoms with Crippen molar-refractivity contribution in [3.63, 3.8) is 0 Å². The fraction of sp³-hybridized carbons (Fsp3) is 0.250. The number of nitrogens with zero attached hydrogens (tertiary/aromatic N) is 3. The van der Waals surface area contributed by atoms with Crippen LogP contribution in [-0.2, 0) is 11.2 Å². The first-order chi connectivity index (χ1) is 12.5. The molecule has 26 heavy (non-hydrogen) atoms. The van der Waals surface area contributed by atoms with Gasteiger partial charge in [-0.05, 0) is 42.2 Å². The summed E-state index contributed by atoms with van der Waals surface area (Å²) in [4.78, 5) is 14.2. The van der Waals surface area contributed by atoms with Crippen LogP contribution in [0, 0.1) is 6.92 Å². The number of nitrogens with one attached hydrogen (secondary N) is 1. The van der Waals surface area contributed by atoms with E-state index in [0.717, 1.165) is 11.3 Å². The summed E-state index contributed by atoms with van der Waals surface area (Å²) in [5.74, 6) is -0.0115. The number of aryl methyl sites for hydroxylation is 1. The van der Waals surface area contributed by atoms with E-state index >= 15 is 0 Å². The molecular weight excluding hydrogens is 344 g/mol. The van der Waals surface area contributed by atoms with Crippen LogP contribution in [0.25, 0.3) is 0 Å². The van der Waals surface area contributed by atoms with Crippen LogP contribution < -0.4 is 10.2 Å². The highest BCUT2D eigenvalue weighted by molar-refractivity contribution is 8.15. The van der Waals surface area contributed by atoms with Crippen LogP contribution in [0.4, 0.5) is 5.69 Å². The molecule has 5 nitrogen and oxygen atoms in total. The molecule has 2 aromatic rings. The second kappa shape index (κ2) is 8.19. The maximum atomic E-state index is 12.2. The van der Waals surface area contributed by atoms with Gasteiger partial charge >= 0.3 is 0 Å². The van der Waals surface area contributed by atoms with Gasteiger partial charge in [0.1, 0.15) is 0 Å². The molecule has 1 amide bonds. The number of amides is 1. The molecule has 0 bridgehead atoms. The average Bonchev–Trinajstić information content (AvgIpc) is 2.97. The Kier molecular flexibility index (Phi) is 5.73. The number of anilines is 1. The maximum Gasteiger partial charge on any atom is 0.239 e. The Hall–Kier alpha value is -2.60. The fourth-order valence-electron chi connectivity index (χ4n) is 2.63. The Bertz CT molecular complexity index is 843. The van der Waals surface area contributed by atoms with Gasteiger partial charge < -0.3 is 10.2 Å². The van der Waals surface area contributed by atoms with E-state index in [0.29, 0.717) is 11.6 Å². The highest BCUT2D eigenvalue weighted by Crippen LogP contribution is 2.24. The minimum atomic E-state index is -0.163. The molecule has 0 spiro atoms. The van der Waals surface area contributed by atoms with Crippen LogP contribution in [0.5, 0.6) is 0 Å². The second-order valence-electron chi connectivity index (χ2n) is 6.36. The molecule has 1 atom stereocenters. The third kappa shape index (κ3) is 4.52. The number of thioether (sulfide) groups is 1. The highest BCUT2D eigenvalue weighted by Gasteiger charge is 2.30. The monoisotopic (exact) mass is 366 g/mol. The van der Waals surface area contributed by atoms with Crippen molar-refractivity contribution in [2.24, 2.45) is 10.2 Å². The Morgan fingerprint density at radius 2 is 1.88 bits per heavy atom. The quantitative estimate of drug-likeness (QED) is 0.653. The van der Waals surface area contributed by atoms with Gasteiger partial charge in [-0.2, -0.15) is 5.10 Å². The molecule has 1 heterocycles. The number of carbonyl (C=O) groups is 1. The number of amidine groups is 1. The van der Waals surface area contributed by atoms with Gasteiger partial charge in [0.05, 0.1) is 11.5 Å². The van der Waals surface area contributed by atoms with Crippen molar-refractivity contribution in [2.45, 2.75) is 18.6 Å². The van der Waals surface area contributed by atoms with Crippen molar-refractivity contribution < 1.29 is 4.79 Å².